The van der Waals surface area contributed by atoms with Crippen molar-refractivity contribution in [3.63, 3.8) is 0 Å². The average molecular weight is 436 g/mol. The van der Waals surface area contributed by atoms with E-state index in [1.54, 1.807) is 11.8 Å². The maximum atomic E-state index is 13.6. The standard InChI is InChI=1S/C24H29N5O3/c1-19-23(30)29(21-11-6-3-7-12-21)26-22(25-19)24(31)28(20-9-4-2-5-10-20)14-8-13-27-15-17-32-18-16-27/h2-7,9-12,19H,8,13-18H2,1H3,(H,25,26). The molecular weight excluding hydrogens is 406 g/mol. The van der Waals surface area contributed by atoms with Gasteiger partial charge >= 0.3 is 0 Å². The Bertz CT molecular complexity index is 945. The molecule has 0 aliphatic carbocycles. The lowest BCUT2D eigenvalue weighted by atomic mass is 10.2. The van der Waals surface area contributed by atoms with E-state index in [1.165, 1.54) is 5.01 Å². The summed E-state index contributed by atoms with van der Waals surface area (Å²) in [6.45, 7) is 6.49. The van der Waals surface area contributed by atoms with Crippen LogP contribution in [0.5, 0.6) is 0 Å². The predicted molar refractivity (Wildman–Crippen MR) is 125 cm³/mol. The highest BCUT2D eigenvalue weighted by Crippen LogP contribution is 2.19. The van der Waals surface area contributed by atoms with E-state index in [4.69, 9.17) is 4.74 Å². The summed E-state index contributed by atoms with van der Waals surface area (Å²) in [5.41, 5.74) is 4.43. The van der Waals surface area contributed by atoms with Crippen LogP contribution < -0.4 is 15.3 Å². The van der Waals surface area contributed by atoms with Crippen molar-refractivity contribution in [2.24, 2.45) is 4.99 Å². The molecule has 2 aromatic carbocycles. The van der Waals surface area contributed by atoms with Crippen molar-refractivity contribution in [1.29, 1.82) is 0 Å². The van der Waals surface area contributed by atoms with Crippen molar-refractivity contribution in [3.05, 3.63) is 60.7 Å². The van der Waals surface area contributed by atoms with Crippen LogP contribution in [0.4, 0.5) is 11.4 Å². The number of hydrogen-bond donors (Lipinski definition) is 1. The van der Waals surface area contributed by atoms with E-state index in [-0.39, 0.29) is 17.6 Å². The smallest absolute Gasteiger partial charge is 0.295 e. The molecule has 1 fully saturated rings. The fourth-order valence-electron chi connectivity index (χ4n) is 3.86. The van der Waals surface area contributed by atoms with Crippen molar-refractivity contribution < 1.29 is 14.3 Å². The van der Waals surface area contributed by atoms with E-state index in [0.29, 0.717) is 12.2 Å². The lowest BCUT2D eigenvalue weighted by Crippen LogP contribution is -2.58. The minimum absolute atomic E-state index is 0.163. The van der Waals surface area contributed by atoms with Crippen molar-refractivity contribution >= 4 is 29.0 Å². The Morgan fingerprint density at radius 3 is 2.44 bits per heavy atom. The molecule has 4 rings (SSSR count). The summed E-state index contributed by atoms with van der Waals surface area (Å²) >= 11 is 0. The van der Waals surface area contributed by atoms with Crippen molar-refractivity contribution in [1.82, 2.24) is 10.3 Å². The van der Waals surface area contributed by atoms with Crippen molar-refractivity contribution in [2.45, 2.75) is 19.4 Å². The van der Waals surface area contributed by atoms with E-state index in [1.807, 2.05) is 60.7 Å². The number of rotatable bonds is 7. The second kappa shape index (κ2) is 10.4. The molecular formula is C24H29N5O3. The van der Waals surface area contributed by atoms with Crippen LogP contribution in [0.2, 0.25) is 0 Å². The third-order valence-corrected chi connectivity index (χ3v) is 5.61. The van der Waals surface area contributed by atoms with Gasteiger partial charge in [0.1, 0.15) is 6.04 Å². The van der Waals surface area contributed by atoms with Gasteiger partial charge in [-0.15, -0.1) is 0 Å². The van der Waals surface area contributed by atoms with Crippen LogP contribution in [0.15, 0.2) is 65.7 Å². The first-order valence-corrected chi connectivity index (χ1v) is 11.0. The summed E-state index contributed by atoms with van der Waals surface area (Å²) < 4.78 is 5.42. The summed E-state index contributed by atoms with van der Waals surface area (Å²) in [6.07, 6.45) is 0.824. The zero-order valence-corrected chi connectivity index (χ0v) is 18.3. The number of morpholine rings is 1. The van der Waals surface area contributed by atoms with E-state index >= 15 is 0 Å². The van der Waals surface area contributed by atoms with Crippen LogP contribution in [0, 0.1) is 0 Å². The zero-order valence-electron chi connectivity index (χ0n) is 18.3. The van der Waals surface area contributed by atoms with Crippen LogP contribution >= 0.6 is 0 Å². The number of hydrogen-bond acceptors (Lipinski definition) is 6. The highest BCUT2D eigenvalue weighted by Gasteiger charge is 2.33. The number of ether oxygens (including phenoxy) is 1. The molecule has 0 bridgehead atoms. The van der Waals surface area contributed by atoms with Crippen LogP contribution in [0.1, 0.15) is 13.3 Å². The van der Waals surface area contributed by atoms with Crippen molar-refractivity contribution in [3.8, 4) is 0 Å². The van der Waals surface area contributed by atoms with Gasteiger partial charge in [-0.2, -0.15) is 0 Å². The maximum absolute atomic E-state index is 13.6. The average Bonchev–Trinajstić information content (AvgIpc) is 2.85. The summed E-state index contributed by atoms with van der Waals surface area (Å²) in [5, 5.41) is 1.40. The SMILES string of the molecule is CC1N=C(C(=O)N(CCCN2CCOCC2)c2ccccc2)NN(c2ccccc2)C1=O. The molecule has 1 N–H and O–H groups in total. The Kier molecular flexibility index (Phi) is 7.14. The first-order valence-electron chi connectivity index (χ1n) is 11.0. The van der Waals surface area contributed by atoms with Gasteiger partial charge in [0.15, 0.2) is 0 Å². The molecule has 8 heteroatoms. The predicted octanol–water partition coefficient (Wildman–Crippen LogP) is 2.08. The molecule has 0 saturated carbocycles. The highest BCUT2D eigenvalue weighted by molar-refractivity contribution is 6.44. The number of nitrogens with one attached hydrogen (secondary N) is 1. The van der Waals surface area contributed by atoms with E-state index in [9.17, 15) is 9.59 Å². The Balaban J connectivity index is 1.51. The van der Waals surface area contributed by atoms with Gasteiger partial charge < -0.3 is 9.64 Å². The van der Waals surface area contributed by atoms with Gasteiger partial charge in [-0.1, -0.05) is 36.4 Å². The summed E-state index contributed by atoms with van der Waals surface area (Å²) in [5.74, 6) is -0.291. The molecule has 0 aromatic heterocycles. The van der Waals surface area contributed by atoms with Gasteiger partial charge in [-0.25, -0.2) is 10.0 Å². The Morgan fingerprint density at radius 1 is 1.09 bits per heavy atom. The number of nitrogens with zero attached hydrogens (tertiary/aromatic N) is 4. The van der Waals surface area contributed by atoms with Crippen LogP contribution in [-0.2, 0) is 14.3 Å². The number of carbonyl (C=O) groups is 2. The largest absolute Gasteiger partial charge is 0.379 e. The normalized spacial score (nSPS) is 19.3. The number of carbonyl (C=O) groups excluding carboxylic acids is 2. The molecule has 1 atom stereocenters. The molecule has 2 aliphatic heterocycles. The van der Waals surface area contributed by atoms with Gasteiger partial charge in [-0.3, -0.25) is 19.9 Å². The fraction of sp³-hybridized carbons (Fsp3) is 0.375. The minimum Gasteiger partial charge on any atom is -0.379 e. The molecule has 168 valence electrons. The fourth-order valence-corrected chi connectivity index (χ4v) is 3.86. The van der Waals surface area contributed by atoms with Crippen LogP contribution in [0.25, 0.3) is 0 Å². The van der Waals surface area contributed by atoms with Gasteiger partial charge in [0.05, 0.1) is 18.9 Å². The number of aliphatic imine (C=N–C) groups is 1. The van der Waals surface area contributed by atoms with Gasteiger partial charge in [0.2, 0.25) is 5.84 Å². The van der Waals surface area contributed by atoms with Gasteiger partial charge in [0, 0.05) is 31.9 Å². The van der Waals surface area contributed by atoms with Crippen LogP contribution in [-0.4, -0.2) is 68.0 Å². The maximum Gasteiger partial charge on any atom is 0.295 e. The molecule has 0 radical (unpaired) electrons. The van der Waals surface area contributed by atoms with Crippen LogP contribution in [0.3, 0.4) is 0 Å². The third-order valence-electron chi connectivity index (χ3n) is 5.61. The van der Waals surface area contributed by atoms with Gasteiger partial charge in [-0.05, 0) is 37.6 Å². The topological polar surface area (TPSA) is 77.5 Å². The molecule has 2 heterocycles. The summed E-state index contributed by atoms with van der Waals surface area (Å²) in [6, 6.07) is 18.2. The summed E-state index contributed by atoms with van der Waals surface area (Å²) in [7, 11) is 0. The molecule has 2 aromatic rings. The molecule has 8 nitrogen and oxygen atoms in total. The lowest BCUT2D eigenvalue weighted by molar-refractivity contribution is -0.120. The quantitative estimate of drug-likeness (QED) is 0.721. The van der Waals surface area contributed by atoms with E-state index < -0.39 is 6.04 Å². The number of amides is 2. The monoisotopic (exact) mass is 435 g/mol. The molecule has 1 unspecified atom stereocenters. The number of hydrazine groups is 1. The van der Waals surface area contributed by atoms with E-state index in [2.05, 4.69) is 15.3 Å². The molecule has 2 amide bonds. The second-order valence-corrected chi connectivity index (χ2v) is 7.87. The first-order chi connectivity index (χ1) is 15.6. The Morgan fingerprint density at radius 2 is 1.75 bits per heavy atom. The molecule has 1 saturated heterocycles. The molecule has 2 aliphatic rings. The zero-order chi connectivity index (χ0) is 22.3. The second-order valence-electron chi connectivity index (χ2n) is 7.87. The number of anilines is 2. The van der Waals surface area contributed by atoms with E-state index in [0.717, 1.165) is 45.0 Å². The van der Waals surface area contributed by atoms with Gasteiger partial charge in [0.25, 0.3) is 11.8 Å². The molecule has 0 spiro atoms. The highest BCUT2D eigenvalue weighted by atomic mass is 16.5. The lowest BCUT2D eigenvalue weighted by Gasteiger charge is -2.33. The third kappa shape index (κ3) is 5.15. The number of para-hydroxylation sites is 2. The Hall–Kier alpha value is -3.23. The minimum atomic E-state index is -0.652. The number of amidine groups is 1. The summed E-state index contributed by atoms with van der Waals surface area (Å²) in [4.78, 5) is 34.7. The first kappa shape index (κ1) is 22.0. The van der Waals surface area contributed by atoms with Crippen molar-refractivity contribution in [2.75, 3.05) is 49.3 Å². The Labute approximate surface area is 188 Å². The number of benzene rings is 2. The molecule has 32 heavy (non-hydrogen) atoms.